The van der Waals surface area contributed by atoms with E-state index < -0.39 is 0 Å². The van der Waals surface area contributed by atoms with Crippen LogP contribution in [0.25, 0.3) is 5.57 Å². The van der Waals surface area contributed by atoms with Gasteiger partial charge in [-0.25, -0.2) is 4.79 Å². The van der Waals surface area contributed by atoms with E-state index in [9.17, 15) is 9.90 Å². The third-order valence-electron chi connectivity index (χ3n) is 5.35. The van der Waals surface area contributed by atoms with Gasteiger partial charge in [0.05, 0.1) is 12.6 Å². The molecule has 2 aliphatic rings. The molecule has 2 atom stereocenters. The second kappa shape index (κ2) is 7.34. The van der Waals surface area contributed by atoms with Crippen LogP contribution in [0.1, 0.15) is 36.0 Å². The lowest BCUT2D eigenvalue weighted by atomic mass is 9.92. The zero-order valence-electron chi connectivity index (χ0n) is 14.7. The van der Waals surface area contributed by atoms with Gasteiger partial charge in [0.1, 0.15) is 6.61 Å². The maximum atomic E-state index is 12.6. The number of fused-ring (bicyclic) bond motifs is 2. The van der Waals surface area contributed by atoms with Crippen molar-refractivity contribution in [3.63, 3.8) is 0 Å². The zero-order valence-corrected chi connectivity index (χ0v) is 14.7. The molecule has 2 aliphatic heterocycles. The molecule has 0 aromatic heterocycles. The molecule has 4 rings (SSSR count). The van der Waals surface area contributed by atoms with Crippen molar-refractivity contribution in [3.05, 3.63) is 77.4 Å². The van der Waals surface area contributed by atoms with E-state index in [1.807, 2.05) is 53.4 Å². The molecule has 4 heteroatoms. The number of nitrogens with zero attached hydrogens (tertiary/aromatic N) is 1. The lowest BCUT2D eigenvalue weighted by Crippen LogP contribution is -2.43. The molecular weight excluding hydrogens is 326 g/mol. The van der Waals surface area contributed by atoms with Gasteiger partial charge in [-0.15, -0.1) is 0 Å². The molecule has 2 unspecified atom stereocenters. The highest BCUT2D eigenvalue weighted by molar-refractivity contribution is 5.76. The molecule has 2 aromatic carbocycles. The van der Waals surface area contributed by atoms with Crippen LogP contribution in [-0.4, -0.2) is 28.2 Å². The molecule has 1 saturated heterocycles. The Labute approximate surface area is 153 Å². The van der Waals surface area contributed by atoms with Crippen LogP contribution in [0.2, 0.25) is 0 Å². The monoisotopic (exact) mass is 349 g/mol. The van der Waals surface area contributed by atoms with Crippen molar-refractivity contribution < 1.29 is 14.6 Å². The highest BCUT2D eigenvalue weighted by Gasteiger charge is 2.40. The van der Waals surface area contributed by atoms with Crippen molar-refractivity contribution in [3.8, 4) is 0 Å². The van der Waals surface area contributed by atoms with E-state index in [0.717, 1.165) is 36.0 Å². The summed E-state index contributed by atoms with van der Waals surface area (Å²) in [6.45, 7) is 0.339. The summed E-state index contributed by atoms with van der Waals surface area (Å²) in [7, 11) is 0. The second-order valence-corrected chi connectivity index (χ2v) is 6.96. The Hall–Kier alpha value is -2.59. The number of aliphatic hydroxyl groups excluding tert-OH is 1. The Morgan fingerprint density at radius 1 is 1.08 bits per heavy atom. The Morgan fingerprint density at radius 3 is 2.62 bits per heavy atom. The van der Waals surface area contributed by atoms with Crippen molar-refractivity contribution >= 4 is 11.7 Å². The summed E-state index contributed by atoms with van der Waals surface area (Å²) in [5.74, 6) is 0. The first kappa shape index (κ1) is 16.9. The molecule has 0 aliphatic carbocycles. The molecule has 0 radical (unpaired) electrons. The maximum Gasteiger partial charge on any atom is 0.410 e. The zero-order chi connectivity index (χ0) is 17.9. The normalized spacial score (nSPS) is 21.4. The van der Waals surface area contributed by atoms with Gasteiger partial charge in [-0.1, -0.05) is 60.7 Å². The molecule has 2 heterocycles. The van der Waals surface area contributed by atoms with Gasteiger partial charge in [0, 0.05) is 6.04 Å². The number of hydrogen-bond donors (Lipinski definition) is 1. The SMILES string of the molecule is O=C(OCc1ccccc1)N1C2C=C(c3ccccc3CO)CC1CC2. The number of ether oxygens (including phenoxy) is 1. The molecule has 4 nitrogen and oxygen atoms in total. The van der Waals surface area contributed by atoms with Crippen LogP contribution in [0.3, 0.4) is 0 Å². The van der Waals surface area contributed by atoms with Gasteiger partial charge in [0.15, 0.2) is 0 Å². The van der Waals surface area contributed by atoms with Crippen LogP contribution >= 0.6 is 0 Å². The Kier molecular flexibility index (Phi) is 4.76. The Morgan fingerprint density at radius 2 is 1.85 bits per heavy atom. The van der Waals surface area contributed by atoms with Gasteiger partial charge < -0.3 is 9.84 Å². The summed E-state index contributed by atoms with van der Waals surface area (Å²) < 4.78 is 5.55. The fourth-order valence-electron chi connectivity index (χ4n) is 4.08. The highest BCUT2D eigenvalue weighted by atomic mass is 16.6. The predicted molar refractivity (Wildman–Crippen MR) is 100 cm³/mol. The minimum Gasteiger partial charge on any atom is -0.445 e. The molecule has 2 aromatic rings. The van der Waals surface area contributed by atoms with Gasteiger partial charge in [0.25, 0.3) is 0 Å². The van der Waals surface area contributed by atoms with Crippen molar-refractivity contribution in [2.75, 3.05) is 0 Å². The van der Waals surface area contributed by atoms with Crippen LogP contribution in [0.15, 0.2) is 60.7 Å². The number of benzene rings is 2. The van der Waals surface area contributed by atoms with E-state index >= 15 is 0 Å². The van der Waals surface area contributed by atoms with Crippen molar-refractivity contribution in [1.82, 2.24) is 4.90 Å². The van der Waals surface area contributed by atoms with Crippen molar-refractivity contribution in [2.24, 2.45) is 0 Å². The van der Waals surface area contributed by atoms with Gasteiger partial charge in [-0.05, 0) is 41.5 Å². The number of aliphatic hydroxyl groups is 1. The van der Waals surface area contributed by atoms with E-state index in [-0.39, 0.29) is 24.8 Å². The van der Waals surface area contributed by atoms with Crippen LogP contribution in [0, 0.1) is 0 Å². The van der Waals surface area contributed by atoms with E-state index in [1.165, 1.54) is 5.57 Å². The van der Waals surface area contributed by atoms with E-state index in [4.69, 9.17) is 4.74 Å². The first-order valence-electron chi connectivity index (χ1n) is 9.15. The van der Waals surface area contributed by atoms with Gasteiger partial charge in [-0.3, -0.25) is 4.90 Å². The standard InChI is InChI=1S/C22H23NO3/c24-14-17-8-4-5-9-21(17)18-12-19-10-11-20(13-18)23(19)22(25)26-15-16-6-2-1-3-7-16/h1-9,12,19-20,24H,10-11,13-15H2. The summed E-state index contributed by atoms with van der Waals surface area (Å²) in [5, 5.41) is 9.60. The summed E-state index contributed by atoms with van der Waals surface area (Å²) in [4.78, 5) is 14.5. The molecule has 1 amide bonds. The summed E-state index contributed by atoms with van der Waals surface area (Å²) >= 11 is 0. The largest absolute Gasteiger partial charge is 0.445 e. The lowest BCUT2D eigenvalue weighted by Gasteiger charge is -2.33. The number of carbonyl (C=O) groups is 1. The molecule has 2 bridgehead atoms. The average molecular weight is 349 g/mol. The average Bonchev–Trinajstić information content (AvgIpc) is 2.96. The third-order valence-corrected chi connectivity index (χ3v) is 5.35. The molecule has 134 valence electrons. The topological polar surface area (TPSA) is 49.8 Å². The molecule has 0 spiro atoms. The fourth-order valence-corrected chi connectivity index (χ4v) is 4.08. The van der Waals surface area contributed by atoms with Crippen LogP contribution < -0.4 is 0 Å². The van der Waals surface area contributed by atoms with Gasteiger partial charge >= 0.3 is 6.09 Å². The summed E-state index contributed by atoms with van der Waals surface area (Å²) in [5.41, 5.74) is 4.27. The highest BCUT2D eigenvalue weighted by Crippen LogP contribution is 2.39. The maximum absolute atomic E-state index is 12.6. The molecule has 26 heavy (non-hydrogen) atoms. The number of carbonyl (C=O) groups excluding carboxylic acids is 1. The number of amides is 1. The Bertz CT molecular complexity index is 815. The first-order valence-corrected chi connectivity index (χ1v) is 9.15. The second-order valence-electron chi connectivity index (χ2n) is 6.96. The number of rotatable bonds is 4. The van der Waals surface area contributed by atoms with E-state index in [1.54, 1.807) is 0 Å². The number of hydrogen-bond acceptors (Lipinski definition) is 3. The molecule has 0 saturated carbocycles. The molecule has 1 N–H and O–H groups in total. The minimum absolute atomic E-state index is 0.0334. The molecule has 1 fully saturated rings. The van der Waals surface area contributed by atoms with E-state index in [2.05, 4.69) is 12.1 Å². The van der Waals surface area contributed by atoms with Gasteiger partial charge in [0.2, 0.25) is 0 Å². The first-order chi connectivity index (χ1) is 12.8. The minimum atomic E-state index is -0.230. The quantitative estimate of drug-likeness (QED) is 0.903. The van der Waals surface area contributed by atoms with Gasteiger partial charge in [-0.2, -0.15) is 0 Å². The third kappa shape index (κ3) is 3.25. The predicted octanol–water partition coefficient (Wildman–Crippen LogP) is 4.14. The Balaban J connectivity index is 1.49. The molecular formula is C22H23NO3. The smallest absolute Gasteiger partial charge is 0.410 e. The fraction of sp³-hybridized carbons (Fsp3) is 0.318. The van der Waals surface area contributed by atoms with Crippen molar-refractivity contribution in [1.29, 1.82) is 0 Å². The van der Waals surface area contributed by atoms with E-state index in [0.29, 0.717) is 6.61 Å². The summed E-state index contributed by atoms with van der Waals surface area (Å²) in [6, 6.07) is 18.0. The van der Waals surface area contributed by atoms with Crippen molar-refractivity contribution in [2.45, 2.75) is 44.6 Å². The van der Waals surface area contributed by atoms with Crippen LogP contribution in [-0.2, 0) is 18.0 Å². The summed E-state index contributed by atoms with van der Waals surface area (Å²) in [6.07, 6.45) is 4.73. The lowest BCUT2D eigenvalue weighted by molar-refractivity contribution is 0.0832. The van der Waals surface area contributed by atoms with Crippen LogP contribution in [0.5, 0.6) is 0 Å². The van der Waals surface area contributed by atoms with Crippen LogP contribution in [0.4, 0.5) is 4.79 Å².